The number of nitrogens with one attached hydrogen (secondary N) is 2. The van der Waals surface area contributed by atoms with Crippen LogP contribution in [0.1, 0.15) is 0 Å². The average Bonchev–Trinajstić information content (AvgIpc) is 2.74. The Labute approximate surface area is 166 Å². The van der Waals surface area contributed by atoms with Crippen molar-refractivity contribution in [3.05, 3.63) is 48.5 Å². The molecule has 0 spiro atoms. The average molecular weight is 384 g/mol. The highest BCUT2D eigenvalue weighted by Gasteiger charge is 2.17. The third kappa shape index (κ3) is 5.53. The zero-order valence-electron chi connectivity index (χ0n) is 16.5. The second-order valence-corrected chi connectivity index (χ2v) is 6.64. The minimum atomic E-state index is -0.204. The van der Waals surface area contributed by atoms with E-state index >= 15 is 0 Å². The van der Waals surface area contributed by atoms with Crippen LogP contribution in [0.25, 0.3) is 0 Å². The molecule has 28 heavy (non-hydrogen) atoms. The van der Waals surface area contributed by atoms with Crippen LogP contribution < -0.4 is 25.0 Å². The molecule has 7 heteroatoms. The van der Waals surface area contributed by atoms with Crippen molar-refractivity contribution in [2.24, 2.45) is 0 Å². The number of rotatable bonds is 7. The molecule has 3 rings (SSSR count). The maximum Gasteiger partial charge on any atom is 0.319 e. The summed E-state index contributed by atoms with van der Waals surface area (Å²) in [5.41, 5.74) is 1.93. The van der Waals surface area contributed by atoms with Crippen molar-refractivity contribution in [3.8, 4) is 11.5 Å². The first kappa shape index (κ1) is 19.8. The number of carbonyl (C=O) groups is 1. The van der Waals surface area contributed by atoms with E-state index in [-0.39, 0.29) is 6.03 Å². The Morgan fingerprint density at radius 2 is 1.68 bits per heavy atom. The van der Waals surface area contributed by atoms with Crippen LogP contribution in [0.15, 0.2) is 48.5 Å². The molecule has 2 amide bonds. The van der Waals surface area contributed by atoms with Gasteiger partial charge in [-0.15, -0.1) is 0 Å². The fourth-order valence-corrected chi connectivity index (χ4v) is 3.23. The first-order chi connectivity index (χ1) is 13.7. The van der Waals surface area contributed by atoms with Crippen molar-refractivity contribution >= 4 is 17.4 Å². The predicted octanol–water partition coefficient (Wildman–Crippen LogP) is 2.65. The third-order valence-electron chi connectivity index (χ3n) is 4.85. The van der Waals surface area contributed by atoms with Gasteiger partial charge in [-0.3, -0.25) is 4.90 Å². The number of piperazine rings is 1. The highest BCUT2D eigenvalue weighted by Crippen LogP contribution is 2.20. The lowest BCUT2D eigenvalue weighted by Crippen LogP contribution is -2.48. The van der Waals surface area contributed by atoms with Gasteiger partial charge in [0, 0.05) is 56.7 Å². The van der Waals surface area contributed by atoms with Gasteiger partial charge in [-0.1, -0.05) is 6.07 Å². The summed E-state index contributed by atoms with van der Waals surface area (Å²) in [5.74, 6) is 1.59. The van der Waals surface area contributed by atoms with Crippen LogP contribution in [0.5, 0.6) is 11.5 Å². The van der Waals surface area contributed by atoms with Crippen molar-refractivity contribution in [1.82, 2.24) is 10.2 Å². The topological polar surface area (TPSA) is 66.1 Å². The molecule has 2 N–H and O–H groups in total. The lowest BCUT2D eigenvalue weighted by atomic mass is 10.2. The van der Waals surface area contributed by atoms with E-state index in [9.17, 15) is 4.79 Å². The van der Waals surface area contributed by atoms with Crippen molar-refractivity contribution < 1.29 is 14.3 Å². The maximum atomic E-state index is 12.0. The molecule has 0 unspecified atom stereocenters. The van der Waals surface area contributed by atoms with Crippen LogP contribution in [0.3, 0.4) is 0 Å². The van der Waals surface area contributed by atoms with E-state index < -0.39 is 0 Å². The van der Waals surface area contributed by atoms with Gasteiger partial charge in [-0.05, 0) is 36.4 Å². The largest absolute Gasteiger partial charge is 0.497 e. The van der Waals surface area contributed by atoms with E-state index in [1.807, 2.05) is 30.3 Å². The highest BCUT2D eigenvalue weighted by atomic mass is 16.5. The molecule has 1 heterocycles. The smallest absolute Gasteiger partial charge is 0.319 e. The van der Waals surface area contributed by atoms with Crippen LogP contribution in [0.2, 0.25) is 0 Å². The van der Waals surface area contributed by atoms with E-state index in [0.29, 0.717) is 18.0 Å². The molecule has 1 aliphatic heterocycles. The summed E-state index contributed by atoms with van der Waals surface area (Å²) in [5, 5.41) is 5.74. The summed E-state index contributed by atoms with van der Waals surface area (Å²) < 4.78 is 10.4. The normalized spacial score (nSPS) is 14.4. The van der Waals surface area contributed by atoms with E-state index in [2.05, 4.69) is 32.6 Å². The molecule has 0 saturated carbocycles. The molecule has 150 valence electrons. The van der Waals surface area contributed by atoms with Gasteiger partial charge >= 0.3 is 6.03 Å². The third-order valence-corrected chi connectivity index (χ3v) is 4.85. The number of methoxy groups -OCH3 is 2. The summed E-state index contributed by atoms with van der Waals surface area (Å²) in [4.78, 5) is 16.8. The molecule has 2 aromatic carbocycles. The van der Waals surface area contributed by atoms with Gasteiger partial charge in [0.25, 0.3) is 0 Å². The molecule has 7 nitrogen and oxygen atoms in total. The predicted molar refractivity (Wildman–Crippen MR) is 112 cm³/mol. The number of hydrogen-bond donors (Lipinski definition) is 2. The standard InChI is InChI=1S/C21H28N4O3/c1-27-19-8-6-18(7-9-19)25-14-12-24(13-15-25)11-10-22-21(26)23-17-4-3-5-20(16-17)28-2/h3-9,16H,10-15H2,1-2H3,(H2,22,23,26). The molecule has 1 fully saturated rings. The monoisotopic (exact) mass is 384 g/mol. The molecule has 1 saturated heterocycles. The first-order valence-electron chi connectivity index (χ1n) is 9.48. The molecular formula is C21H28N4O3. The lowest BCUT2D eigenvalue weighted by molar-refractivity contribution is 0.240. The molecule has 1 aliphatic rings. The van der Waals surface area contributed by atoms with Crippen LogP contribution in [0.4, 0.5) is 16.2 Å². The number of urea groups is 1. The van der Waals surface area contributed by atoms with Crippen molar-refractivity contribution in [2.45, 2.75) is 0 Å². The first-order valence-corrected chi connectivity index (χ1v) is 9.48. The number of nitrogens with zero attached hydrogens (tertiary/aromatic N) is 2. The summed E-state index contributed by atoms with van der Waals surface area (Å²) in [6.07, 6.45) is 0. The number of benzene rings is 2. The Bertz CT molecular complexity index is 759. The Balaban J connectivity index is 1.36. The summed E-state index contributed by atoms with van der Waals surface area (Å²) >= 11 is 0. The van der Waals surface area contributed by atoms with E-state index in [0.717, 1.165) is 38.5 Å². The Morgan fingerprint density at radius 3 is 2.36 bits per heavy atom. The molecule has 0 aliphatic carbocycles. The van der Waals surface area contributed by atoms with Gasteiger partial charge in [-0.25, -0.2) is 4.79 Å². The fraction of sp³-hybridized carbons (Fsp3) is 0.381. The molecular weight excluding hydrogens is 356 g/mol. The highest BCUT2D eigenvalue weighted by molar-refractivity contribution is 5.89. The van der Waals surface area contributed by atoms with E-state index in [4.69, 9.17) is 9.47 Å². The van der Waals surface area contributed by atoms with Gasteiger partial charge in [0.2, 0.25) is 0 Å². The lowest BCUT2D eigenvalue weighted by Gasteiger charge is -2.36. The summed E-state index contributed by atoms with van der Waals surface area (Å²) in [6, 6.07) is 15.3. The minimum Gasteiger partial charge on any atom is -0.497 e. The van der Waals surface area contributed by atoms with Crippen LogP contribution in [0, 0.1) is 0 Å². The zero-order chi connectivity index (χ0) is 19.8. The summed E-state index contributed by atoms with van der Waals surface area (Å²) in [6.45, 7) is 5.35. The van der Waals surface area contributed by atoms with Gasteiger partial charge < -0.3 is 25.0 Å². The second kappa shape index (κ2) is 9.85. The SMILES string of the molecule is COc1ccc(N2CCN(CCNC(=O)Nc3cccc(OC)c3)CC2)cc1. The molecule has 2 aromatic rings. The van der Waals surface area contributed by atoms with Gasteiger partial charge in [0.1, 0.15) is 11.5 Å². The van der Waals surface area contributed by atoms with Crippen molar-refractivity contribution in [2.75, 3.05) is 63.7 Å². The maximum absolute atomic E-state index is 12.0. The minimum absolute atomic E-state index is 0.204. The number of amides is 2. The Morgan fingerprint density at radius 1 is 0.964 bits per heavy atom. The zero-order valence-corrected chi connectivity index (χ0v) is 16.5. The van der Waals surface area contributed by atoms with Gasteiger partial charge in [-0.2, -0.15) is 0 Å². The van der Waals surface area contributed by atoms with Crippen LogP contribution in [-0.2, 0) is 0 Å². The number of hydrogen-bond acceptors (Lipinski definition) is 5. The number of ether oxygens (including phenoxy) is 2. The van der Waals surface area contributed by atoms with E-state index in [1.165, 1.54) is 5.69 Å². The molecule has 0 atom stereocenters. The van der Waals surface area contributed by atoms with Gasteiger partial charge in [0.15, 0.2) is 0 Å². The molecule has 0 radical (unpaired) electrons. The molecule has 0 bridgehead atoms. The quantitative estimate of drug-likeness (QED) is 0.768. The number of anilines is 2. The van der Waals surface area contributed by atoms with Crippen LogP contribution >= 0.6 is 0 Å². The van der Waals surface area contributed by atoms with Gasteiger partial charge in [0.05, 0.1) is 14.2 Å². The number of carbonyl (C=O) groups excluding carboxylic acids is 1. The fourth-order valence-electron chi connectivity index (χ4n) is 3.23. The van der Waals surface area contributed by atoms with E-state index in [1.54, 1.807) is 20.3 Å². The second-order valence-electron chi connectivity index (χ2n) is 6.64. The van der Waals surface area contributed by atoms with Crippen LogP contribution in [-0.4, -0.2) is 64.4 Å². The summed E-state index contributed by atoms with van der Waals surface area (Å²) in [7, 11) is 3.28. The van der Waals surface area contributed by atoms with Crippen molar-refractivity contribution in [3.63, 3.8) is 0 Å². The Hall–Kier alpha value is -2.93. The Kier molecular flexibility index (Phi) is 6.97. The molecule has 0 aromatic heterocycles. The van der Waals surface area contributed by atoms with Crippen molar-refractivity contribution in [1.29, 1.82) is 0 Å².